The number of rotatable bonds is 2. The quantitative estimate of drug-likeness (QED) is 0.708. The fourth-order valence-electron chi connectivity index (χ4n) is 3.26. The van der Waals surface area contributed by atoms with Crippen LogP contribution in [0.3, 0.4) is 0 Å². The van der Waals surface area contributed by atoms with Crippen molar-refractivity contribution in [2.75, 3.05) is 0 Å². The van der Waals surface area contributed by atoms with Crippen molar-refractivity contribution in [2.24, 2.45) is 5.92 Å². The fourth-order valence-corrected chi connectivity index (χ4v) is 3.26. The monoisotopic (exact) mass is 225 g/mol. The molecule has 2 aliphatic carbocycles. The summed E-state index contributed by atoms with van der Waals surface area (Å²) in [5.74, 6) is 0.906. The predicted molar refractivity (Wildman–Crippen MR) is 67.4 cm³/mol. The summed E-state index contributed by atoms with van der Waals surface area (Å²) in [5, 5.41) is 13.7. The van der Waals surface area contributed by atoms with E-state index in [1.54, 1.807) is 0 Å². The smallest absolute Gasteiger partial charge is 0.0693 e. The van der Waals surface area contributed by atoms with Crippen LogP contribution in [0.15, 0.2) is 0 Å². The molecular formula is C14H27NO. The van der Waals surface area contributed by atoms with Crippen molar-refractivity contribution in [3.63, 3.8) is 0 Å². The average molecular weight is 225 g/mol. The van der Waals surface area contributed by atoms with Crippen LogP contribution in [0.25, 0.3) is 0 Å². The van der Waals surface area contributed by atoms with E-state index >= 15 is 0 Å². The minimum absolute atomic E-state index is 0.0885. The van der Waals surface area contributed by atoms with E-state index in [4.69, 9.17) is 0 Å². The van der Waals surface area contributed by atoms with Crippen LogP contribution in [0.4, 0.5) is 0 Å². The summed E-state index contributed by atoms with van der Waals surface area (Å²) in [6.45, 7) is 2.37. The van der Waals surface area contributed by atoms with Crippen molar-refractivity contribution < 1.29 is 5.11 Å². The van der Waals surface area contributed by atoms with E-state index in [1.165, 1.54) is 51.4 Å². The Morgan fingerprint density at radius 2 is 1.69 bits per heavy atom. The van der Waals surface area contributed by atoms with Crippen LogP contribution in [0.1, 0.15) is 64.7 Å². The molecule has 0 saturated heterocycles. The number of hydrogen-bond acceptors (Lipinski definition) is 2. The molecular weight excluding hydrogens is 198 g/mol. The molecule has 0 heterocycles. The van der Waals surface area contributed by atoms with Gasteiger partial charge in [0.05, 0.1) is 6.10 Å². The van der Waals surface area contributed by atoms with Crippen molar-refractivity contribution in [3.05, 3.63) is 0 Å². The lowest BCUT2D eigenvalue weighted by Gasteiger charge is -2.32. The SMILES string of the molecule is CC1CCCC(NC2CCCCC2O)CC1. The second-order valence-electron chi connectivity index (χ2n) is 5.94. The minimum Gasteiger partial charge on any atom is -0.392 e. The van der Waals surface area contributed by atoms with E-state index in [9.17, 15) is 5.11 Å². The zero-order valence-corrected chi connectivity index (χ0v) is 10.6. The van der Waals surface area contributed by atoms with Gasteiger partial charge in [-0.15, -0.1) is 0 Å². The summed E-state index contributed by atoms with van der Waals surface area (Å²) in [5.41, 5.74) is 0. The molecule has 0 amide bonds. The highest BCUT2D eigenvalue weighted by atomic mass is 16.3. The lowest BCUT2D eigenvalue weighted by Crippen LogP contribution is -2.46. The van der Waals surface area contributed by atoms with Gasteiger partial charge in [0.15, 0.2) is 0 Å². The molecule has 2 fully saturated rings. The number of aliphatic hydroxyl groups is 1. The molecule has 2 saturated carbocycles. The van der Waals surface area contributed by atoms with Crippen molar-refractivity contribution in [2.45, 2.75) is 82.9 Å². The Bertz CT molecular complexity index is 207. The molecule has 0 aromatic rings. The van der Waals surface area contributed by atoms with Crippen LogP contribution in [0.2, 0.25) is 0 Å². The van der Waals surface area contributed by atoms with Crippen LogP contribution < -0.4 is 5.32 Å². The molecule has 0 radical (unpaired) electrons. The van der Waals surface area contributed by atoms with Gasteiger partial charge in [-0.25, -0.2) is 0 Å². The summed E-state index contributed by atoms with van der Waals surface area (Å²) in [6, 6.07) is 1.05. The van der Waals surface area contributed by atoms with Gasteiger partial charge in [-0.1, -0.05) is 32.6 Å². The number of aliphatic hydroxyl groups excluding tert-OH is 1. The largest absolute Gasteiger partial charge is 0.392 e. The fraction of sp³-hybridized carbons (Fsp3) is 1.00. The van der Waals surface area contributed by atoms with Crippen LogP contribution >= 0.6 is 0 Å². The van der Waals surface area contributed by atoms with Crippen molar-refractivity contribution in [1.29, 1.82) is 0 Å². The second-order valence-corrected chi connectivity index (χ2v) is 5.94. The molecule has 0 spiro atoms. The van der Waals surface area contributed by atoms with E-state index in [0.29, 0.717) is 12.1 Å². The first kappa shape index (κ1) is 12.4. The standard InChI is InChI=1S/C14H27NO/c1-11-5-4-6-12(10-9-11)15-13-7-2-3-8-14(13)16/h11-16H,2-10H2,1H3. The Labute approximate surface area is 99.8 Å². The van der Waals surface area contributed by atoms with Gasteiger partial charge in [0, 0.05) is 12.1 Å². The summed E-state index contributed by atoms with van der Waals surface area (Å²) >= 11 is 0. The maximum absolute atomic E-state index is 9.96. The van der Waals surface area contributed by atoms with E-state index in [-0.39, 0.29) is 6.10 Å². The third-order valence-corrected chi connectivity index (χ3v) is 4.44. The van der Waals surface area contributed by atoms with Gasteiger partial charge in [-0.05, 0) is 38.0 Å². The molecule has 0 aliphatic heterocycles. The molecule has 4 atom stereocenters. The van der Waals surface area contributed by atoms with Crippen LogP contribution in [-0.4, -0.2) is 23.3 Å². The Kier molecular flexibility index (Phi) is 4.66. The molecule has 0 aromatic heterocycles. The maximum Gasteiger partial charge on any atom is 0.0693 e. The van der Waals surface area contributed by atoms with Crippen molar-refractivity contribution in [1.82, 2.24) is 5.32 Å². The minimum atomic E-state index is -0.0885. The van der Waals surface area contributed by atoms with Gasteiger partial charge >= 0.3 is 0 Å². The molecule has 2 heteroatoms. The van der Waals surface area contributed by atoms with Crippen LogP contribution in [0.5, 0.6) is 0 Å². The molecule has 0 bridgehead atoms. The Morgan fingerprint density at radius 3 is 2.50 bits per heavy atom. The van der Waals surface area contributed by atoms with E-state index in [0.717, 1.165) is 12.3 Å². The first-order valence-electron chi connectivity index (χ1n) is 7.20. The molecule has 0 aromatic carbocycles. The average Bonchev–Trinajstić information content (AvgIpc) is 2.47. The van der Waals surface area contributed by atoms with E-state index < -0.39 is 0 Å². The summed E-state index contributed by atoms with van der Waals surface area (Å²) in [7, 11) is 0. The predicted octanol–water partition coefficient (Wildman–Crippen LogP) is 2.85. The normalized spacial score (nSPS) is 41.6. The van der Waals surface area contributed by atoms with Gasteiger partial charge in [0.2, 0.25) is 0 Å². The van der Waals surface area contributed by atoms with Gasteiger partial charge in [-0.3, -0.25) is 0 Å². The second kappa shape index (κ2) is 6.02. The molecule has 2 N–H and O–H groups in total. The van der Waals surface area contributed by atoms with Crippen LogP contribution in [-0.2, 0) is 0 Å². The Hall–Kier alpha value is -0.0800. The molecule has 2 rings (SSSR count). The van der Waals surface area contributed by atoms with Gasteiger partial charge in [0.1, 0.15) is 0 Å². The Balaban J connectivity index is 1.79. The van der Waals surface area contributed by atoms with Gasteiger partial charge < -0.3 is 10.4 Å². The van der Waals surface area contributed by atoms with Gasteiger partial charge in [0.25, 0.3) is 0 Å². The topological polar surface area (TPSA) is 32.3 Å². The lowest BCUT2D eigenvalue weighted by atomic mass is 9.91. The van der Waals surface area contributed by atoms with Crippen molar-refractivity contribution >= 4 is 0 Å². The van der Waals surface area contributed by atoms with E-state index in [2.05, 4.69) is 12.2 Å². The highest BCUT2D eigenvalue weighted by Crippen LogP contribution is 2.25. The first-order valence-corrected chi connectivity index (χ1v) is 7.20. The molecule has 94 valence electrons. The third-order valence-electron chi connectivity index (χ3n) is 4.44. The first-order chi connectivity index (χ1) is 7.75. The molecule has 2 nitrogen and oxygen atoms in total. The van der Waals surface area contributed by atoms with Crippen LogP contribution in [0, 0.1) is 5.92 Å². The Morgan fingerprint density at radius 1 is 0.875 bits per heavy atom. The molecule has 4 unspecified atom stereocenters. The third kappa shape index (κ3) is 3.46. The highest BCUT2D eigenvalue weighted by molar-refractivity contribution is 4.84. The van der Waals surface area contributed by atoms with Crippen molar-refractivity contribution in [3.8, 4) is 0 Å². The summed E-state index contributed by atoms with van der Waals surface area (Å²) < 4.78 is 0. The van der Waals surface area contributed by atoms with E-state index in [1.807, 2.05) is 0 Å². The molecule has 16 heavy (non-hydrogen) atoms. The zero-order chi connectivity index (χ0) is 11.4. The number of nitrogens with one attached hydrogen (secondary N) is 1. The highest BCUT2D eigenvalue weighted by Gasteiger charge is 2.26. The zero-order valence-electron chi connectivity index (χ0n) is 10.6. The summed E-state index contributed by atoms with van der Waals surface area (Å²) in [4.78, 5) is 0. The maximum atomic E-state index is 9.96. The molecule has 2 aliphatic rings. The number of hydrogen-bond donors (Lipinski definition) is 2. The lowest BCUT2D eigenvalue weighted by molar-refractivity contribution is 0.0835. The van der Waals surface area contributed by atoms with Gasteiger partial charge in [-0.2, -0.15) is 0 Å². The summed E-state index contributed by atoms with van der Waals surface area (Å²) in [6.07, 6.45) is 11.3.